The number of rotatable bonds is 6. The molecule has 1 saturated heterocycles. The first-order chi connectivity index (χ1) is 16.8. The lowest BCUT2D eigenvalue weighted by atomic mass is 9.44. The number of aryl methyl sites for hydroxylation is 1. The van der Waals surface area contributed by atoms with Gasteiger partial charge in [-0.05, 0) is 165 Å². The predicted molar refractivity (Wildman–Crippen MR) is 140 cm³/mol. The van der Waals surface area contributed by atoms with Gasteiger partial charge in [0.15, 0.2) is 0 Å². The third kappa shape index (κ3) is 3.30. The first-order valence-corrected chi connectivity index (χ1v) is 15.3. The molecular formula is C33H46O2. The lowest BCUT2D eigenvalue weighted by Crippen LogP contribution is -2.52. The number of hydrogen-bond acceptors (Lipinski definition) is 2. The smallest absolute Gasteiger partial charge is 0.128 e. The fourth-order valence-electron chi connectivity index (χ4n) is 11.7. The Morgan fingerprint density at radius 2 is 1.23 bits per heavy atom. The second-order valence-corrected chi connectivity index (χ2v) is 15.4. The molecule has 1 heterocycles. The molecule has 1 aromatic rings. The van der Waals surface area contributed by atoms with Crippen molar-refractivity contribution in [3.05, 3.63) is 28.8 Å². The van der Waals surface area contributed by atoms with Crippen molar-refractivity contribution in [2.45, 2.75) is 114 Å². The Bertz CT molecular complexity index is 959. The van der Waals surface area contributed by atoms with Crippen LogP contribution in [0, 0.1) is 48.3 Å². The van der Waals surface area contributed by atoms with Gasteiger partial charge in [0.2, 0.25) is 0 Å². The van der Waals surface area contributed by atoms with Crippen LogP contribution in [0.3, 0.4) is 0 Å². The number of hydrogen-bond donors (Lipinski definition) is 0. The minimum Gasteiger partial charge on any atom is -0.490 e. The summed E-state index contributed by atoms with van der Waals surface area (Å²) in [7, 11) is 0. The number of benzene rings is 1. The zero-order valence-corrected chi connectivity index (χ0v) is 22.4. The summed E-state index contributed by atoms with van der Waals surface area (Å²) >= 11 is 0. The quantitative estimate of drug-likeness (QED) is 0.393. The molecule has 0 radical (unpaired) electrons. The van der Waals surface area contributed by atoms with Crippen LogP contribution >= 0.6 is 0 Å². The van der Waals surface area contributed by atoms with Gasteiger partial charge in [-0.2, -0.15) is 0 Å². The van der Waals surface area contributed by atoms with Gasteiger partial charge in [-0.3, -0.25) is 0 Å². The van der Waals surface area contributed by atoms with Crippen molar-refractivity contribution >= 4 is 0 Å². The molecule has 190 valence electrons. The normalized spacial score (nSPS) is 48.7. The highest BCUT2D eigenvalue weighted by Gasteiger charge is 2.57. The average molecular weight is 475 g/mol. The summed E-state index contributed by atoms with van der Waals surface area (Å²) in [5.41, 5.74) is 6.03. The van der Waals surface area contributed by atoms with Crippen molar-refractivity contribution in [2.75, 3.05) is 13.2 Å². The topological polar surface area (TPSA) is 21.8 Å². The number of epoxide rings is 1. The highest BCUT2D eigenvalue weighted by atomic mass is 16.6. The molecule has 0 spiro atoms. The van der Waals surface area contributed by atoms with Gasteiger partial charge in [0.25, 0.3) is 0 Å². The predicted octanol–water partition coefficient (Wildman–Crippen LogP) is 7.73. The minimum atomic E-state index is -0.0483. The summed E-state index contributed by atoms with van der Waals surface area (Å²) in [5, 5.41) is 0. The molecule has 1 aromatic carbocycles. The van der Waals surface area contributed by atoms with Gasteiger partial charge < -0.3 is 9.47 Å². The van der Waals surface area contributed by atoms with E-state index in [9.17, 15) is 0 Å². The van der Waals surface area contributed by atoms with Crippen molar-refractivity contribution in [3.8, 4) is 5.75 Å². The van der Waals surface area contributed by atoms with Crippen LogP contribution in [0.25, 0.3) is 0 Å². The molecule has 8 bridgehead atoms. The molecule has 2 nitrogen and oxygen atoms in total. The zero-order chi connectivity index (χ0) is 23.6. The van der Waals surface area contributed by atoms with E-state index in [0.717, 1.165) is 47.9 Å². The van der Waals surface area contributed by atoms with Crippen molar-refractivity contribution in [3.63, 3.8) is 0 Å². The van der Waals surface area contributed by atoms with E-state index in [-0.39, 0.29) is 5.60 Å². The molecule has 8 aliphatic carbocycles. The van der Waals surface area contributed by atoms with E-state index in [4.69, 9.17) is 9.47 Å². The third-order valence-corrected chi connectivity index (χ3v) is 12.5. The van der Waals surface area contributed by atoms with Crippen molar-refractivity contribution in [1.29, 1.82) is 0 Å². The highest BCUT2D eigenvalue weighted by Crippen LogP contribution is 2.66. The van der Waals surface area contributed by atoms with Crippen LogP contribution in [0.5, 0.6) is 5.75 Å². The Labute approximate surface area is 212 Å². The second kappa shape index (κ2) is 7.30. The van der Waals surface area contributed by atoms with Crippen molar-refractivity contribution in [2.24, 2.45) is 41.4 Å². The Morgan fingerprint density at radius 3 is 1.66 bits per heavy atom. The summed E-state index contributed by atoms with van der Waals surface area (Å²) in [6.45, 7) is 8.58. The van der Waals surface area contributed by atoms with Gasteiger partial charge >= 0.3 is 0 Å². The molecule has 10 rings (SSSR count). The molecule has 9 aliphatic rings. The molecule has 0 N–H and O–H groups in total. The van der Waals surface area contributed by atoms with Gasteiger partial charge in [0.1, 0.15) is 18.0 Å². The van der Waals surface area contributed by atoms with E-state index in [1.54, 1.807) is 11.1 Å². The molecule has 35 heavy (non-hydrogen) atoms. The van der Waals surface area contributed by atoms with Crippen LogP contribution < -0.4 is 4.74 Å². The maximum atomic E-state index is 6.63. The average Bonchev–Trinajstić information content (AvgIpc) is 3.57. The molecule has 2 heteroatoms. The lowest BCUT2D eigenvalue weighted by molar-refractivity contribution is -0.0178. The van der Waals surface area contributed by atoms with Crippen LogP contribution in [-0.4, -0.2) is 18.8 Å². The minimum absolute atomic E-state index is 0.0483. The van der Waals surface area contributed by atoms with Crippen LogP contribution in [0.4, 0.5) is 0 Å². The summed E-state index contributed by atoms with van der Waals surface area (Å²) in [5.74, 6) is 7.60. The van der Waals surface area contributed by atoms with E-state index in [1.807, 2.05) is 5.56 Å². The zero-order valence-electron chi connectivity index (χ0n) is 22.4. The van der Waals surface area contributed by atoms with E-state index < -0.39 is 0 Å². The van der Waals surface area contributed by atoms with E-state index >= 15 is 0 Å². The molecule has 0 aromatic heterocycles. The van der Waals surface area contributed by atoms with E-state index in [1.165, 1.54) is 77.0 Å². The van der Waals surface area contributed by atoms with E-state index in [2.05, 4.69) is 32.9 Å². The molecule has 1 aliphatic heterocycles. The molecule has 1 unspecified atom stereocenters. The standard InChI is InChI=1S/C33H46O2/c1-20(2)33(19-35-33)18-34-28-4-21(3)30(32-15-25-8-26(16-32)10-27(9-25)17-32)29(11-28)31-12-22-5-23(13-31)7-24(6-22)14-31/h4,11,20,22-27H,5-10,12-19H2,1-3H3. The van der Waals surface area contributed by atoms with Gasteiger partial charge in [0.05, 0.1) is 6.61 Å². The van der Waals surface area contributed by atoms with E-state index in [0.29, 0.717) is 23.4 Å². The maximum Gasteiger partial charge on any atom is 0.128 e. The summed E-state index contributed by atoms with van der Waals surface area (Å²) < 4.78 is 12.5. The first kappa shape index (κ1) is 22.0. The SMILES string of the molecule is Cc1cc(OCC2(C(C)C)CO2)cc(C23CC4CC(CC(C4)C2)C3)c1C12CC3CC(CC(C3)C1)C2. The van der Waals surface area contributed by atoms with Gasteiger partial charge in [-0.15, -0.1) is 0 Å². The molecular weight excluding hydrogens is 428 g/mol. The van der Waals surface area contributed by atoms with Crippen LogP contribution in [0.1, 0.15) is 108 Å². The largest absolute Gasteiger partial charge is 0.490 e. The Kier molecular flexibility index (Phi) is 4.59. The molecule has 0 amide bonds. The molecule has 1 atom stereocenters. The van der Waals surface area contributed by atoms with Crippen LogP contribution in [-0.2, 0) is 15.6 Å². The van der Waals surface area contributed by atoms with Crippen molar-refractivity contribution in [1.82, 2.24) is 0 Å². The second-order valence-electron chi connectivity index (χ2n) is 15.4. The van der Waals surface area contributed by atoms with Gasteiger partial charge in [0, 0.05) is 0 Å². The Balaban J connectivity index is 1.23. The highest BCUT2D eigenvalue weighted by molar-refractivity contribution is 5.51. The number of ether oxygens (including phenoxy) is 2. The van der Waals surface area contributed by atoms with Gasteiger partial charge in [-0.1, -0.05) is 13.8 Å². The summed E-state index contributed by atoms with van der Waals surface area (Å²) in [6.07, 6.45) is 18.0. The fraction of sp³-hybridized carbons (Fsp3) is 0.818. The fourth-order valence-corrected chi connectivity index (χ4v) is 11.7. The summed E-state index contributed by atoms with van der Waals surface area (Å²) in [6, 6.07) is 5.04. The monoisotopic (exact) mass is 474 g/mol. The first-order valence-electron chi connectivity index (χ1n) is 15.3. The molecule has 8 saturated carbocycles. The lowest BCUT2D eigenvalue weighted by Gasteiger charge is -2.61. The summed E-state index contributed by atoms with van der Waals surface area (Å²) in [4.78, 5) is 0. The Morgan fingerprint density at radius 1 is 0.771 bits per heavy atom. The Hall–Kier alpha value is -1.02. The van der Waals surface area contributed by atoms with Gasteiger partial charge in [-0.25, -0.2) is 0 Å². The van der Waals surface area contributed by atoms with Crippen molar-refractivity contribution < 1.29 is 9.47 Å². The van der Waals surface area contributed by atoms with Crippen LogP contribution in [0.15, 0.2) is 12.1 Å². The third-order valence-electron chi connectivity index (χ3n) is 12.5. The van der Waals surface area contributed by atoms with Crippen LogP contribution in [0.2, 0.25) is 0 Å². The molecule has 9 fully saturated rings. The maximum absolute atomic E-state index is 6.63.